The topological polar surface area (TPSA) is 62.1 Å². The highest BCUT2D eigenvalue weighted by Crippen LogP contribution is 2.22. The Balaban J connectivity index is 4.43. The van der Waals surface area contributed by atoms with Crippen molar-refractivity contribution < 1.29 is 9.53 Å². The minimum atomic E-state index is -0.515. The summed E-state index contributed by atoms with van der Waals surface area (Å²) in [5.74, 6) is 0. The normalized spacial score (nSPS) is 13.8. The predicted molar refractivity (Wildman–Crippen MR) is 62.8 cm³/mol. The number of carbonyl (C=O) groups is 1. The Morgan fingerprint density at radius 3 is 2.12 bits per heavy atom. The van der Waals surface area contributed by atoms with Gasteiger partial charge >= 0.3 is 6.09 Å². The highest BCUT2D eigenvalue weighted by Gasteiger charge is 2.27. The first-order chi connectivity index (χ1) is 7.06. The van der Waals surface area contributed by atoms with E-state index in [1.54, 1.807) is 0 Å². The van der Waals surface area contributed by atoms with Crippen LogP contribution >= 0.6 is 0 Å². The van der Waals surface area contributed by atoms with E-state index in [9.17, 15) is 4.79 Å². The average molecular weight is 226 g/mol. The van der Waals surface area contributed by atoms with Crippen LogP contribution in [0.15, 0.2) is 0 Å². The second-order valence-electron chi connectivity index (χ2n) is 5.93. The molecule has 0 heterocycles. The van der Waals surface area contributed by atoms with Crippen LogP contribution in [0, 0.1) is 16.7 Å². The molecule has 0 aromatic rings. The maximum atomic E-state index is 11.5. The summed E-state index contributed by atoms with van der Waals surface area (Å²) in [6, 6.07) is 1.87. The minimum absolute atomic E-state index is 0.160. The molecule has 0 fully saturated rings. The van der Waals surface area contributed by atoms with Gasteiger partial charge in [-0.25, -0.2) is 4.79 Å². The monoisotopic (exact) mass is 226 g/mol. The van der Waals surface area contributed by atoms with Crippen molar-refractivity contribution in [3.05, 3.63) is 0 Å². The lowest BCUT2D eigenvalue weighted by atomic mass is 9.85. The second-order valence-corrected chi connectivity index (χ2v) is 5.93. The number of carbonyl (C=O) groups excluding carboxylic acids is 1. The van der Waals surface area contributed by atoms with Crippen LogP contribution in [0.5, 0.6) is 0 Å². The first-order valence-corrected chi connectivity index (χ1v) is 5.43. The zero-order valence-electron chi connectivity index (χ0n) is 11.0. The van der Waals surface area contributed by atoms with Crippen LogP contribution in [0.3, 0.4) is 0 Å². The fourth-order valence-electron chi connectivity index (χ4n) is 1.11. The van der Waals surface area contributed by atoms with Gasteiger partial charge in [-0.3, -0.25) is 0 Å². The molecule has 1 atom stereocenters. The summed E-state index contributed by atoms with van der Waals surface area (Å²) in [4.78, 5) is 11.5. The number of nitriles is 1. The predicted octanol–water partition coefficient (Wildman–Crippen LogP) is 2.84. The van der Waals surface area contributed by atoms with Gasteiger partial charge in [-0.2, -0.15) is 5.26 Å². The van der Waals surface area contributed by atoms with Crippen molar-refractivity contribution in [2.24, 2.45) is 5.41 Å². The lowest BCUT2D eigenvalue weighted by Crippen LogP contribution is -2.45. The van der Waals surface area contributed by atoms with Crippen LogP contribution in [0.2, 0.25) is 0 Å². The molecule has 0 rings (SSSR count). The molecule has 0 aliphatic heterocycles. The van der Waals surface area contributed by atoms with Crippen LogP contribution < -0.4 is 5.32 Å². The summed E-state index contributed by atoms with van der Waals surface area (Å²) in [6.07, 6.45) is -0.189. The summed E-state index contributed by atoms with van der Waals surface area (Å²) < 4.78 is 5.15. The SMILES string of the molecule is CC(C)(C)OC(=O)N[C@@H](CC#N)C(C)(C)C. The van der Waals surface area contributed by atoms with Gasteiger partial charge in [-0.05, 0) is 26.2 Å². The van der Waals surface area contributed by atoms with Crippen LogP contribution in [-0.2, 0) is 4.74 Å². The van der Waals surface area contributed by atoms with Crippen molar-refractivity contribution in [3.8, 4) is 6.07 Å². The van der Waals surface area contributed by atoms with E-state index >= 15 is 0 Å². The molecule has 4 nitrogen and oxygen atoms in total. The van der Waals surface area contributed by atoms with E-state index in [2.05, 4.69) is 11.4 Å². The number of hydrogen-bond donors (Lipinski definition) is 1. The molecule has 0 unspecified atom stereocenters. The Kier molecular flexibility index (Phi) is 4.80. The van der Waals surface area contributed by atoms with Gasteiger partial charge in [0.1, 0.15) is 5.60 Å². The minimum Gasteiger partial charge on any atom is -0.444 e. The van der Waals surface area contributed by atoms with Crippen molar-refractivity contribution in [2.75, 3.05) is 0 Å². The molecule has 0 saturated heterocycles. The van der Waals surface area contributed by atoms with E-state index in [-0.39, 0.29) is 17.9 Å². The van der Waals surface area contributed by atoms with Gasteiger partial charge in [0.2, 0.25) is 0 Å². The van der Waals surface area contributed by atoms with Crippen molar-refractivity contribution >= 4 is 6.09 Å². The summed E-state index contributed by atoms with van der Waals surface area (Å²) in [5, 5.41) is 11.4. The zero-order valence-corrected chi connectivity index (χ0v) is 11.0. The highest BCUT2D eigenvalue weighted by molar-refractivity contribution is 5.68. The molecular weight excluding hydrogens is 204 g/mol. The lowest BCUT2D eigenvalue weighted by molar-refractivity contribution is 0.0466. The van der Waals surface area contributed by atoms with Gasteiger partial charge in [-0.1, -0.05) is 20.8 Å². The summed E-state index contributed by atoms with van der Waals surface area (Å²) in [7, 11) is 0. The summed E-state index contributed by atoms with van der Waals surface area (Å²) in [6.45, 7) is 11.4. The molecular formula is C12H22N2O2. The number of ether oxygens (including phenoxy) is 1. The van der Waals surface area contributed by atoms with E-state index in [1.807, 2.05) is 41.5 Å². The van der Waals surface area contributed by atoms with E-state index in [0.29, 0.717) is 0 Å². The van der Waals surface area contributed by atoms with E-state index in [1.165, 1.54) is 0 Å². The Labute approximate surface area is 98.0 Å². The molecule has 1 N–H and O–H groups in total. The van der Waals surface area contributed by atoms with E-state index in [0.717, 1.165) is 0 Å². The number of nitrogens with one attached hydrogen (secondary N) is 1. The highest BCUT2D eigenvalue weighted by atomic mass is 16.6. The Morgan fingerprint density at radius 1 is 1.31 bits per heavy atom. The number of alkyl carbamates (subject to hydrolysis) is 1. The average Bonchev–Trinajstić information content (AvgIpc) is 1.97. The molecule has 0 aliphatic rings. The van der Waals surface area contributed by atoms with Gasteiger partial charge in [0, 0.05) is 6.04 Å². The fourth-order valence-corrected chi connectivity index (χ4v) is 1.11. The largest absolute Gasteiger partial charge is 0.444 e. The molecule has 0 bridgehead atoms. The van der Waals surface area contributed by atoms with Gasteiger partial charge in [-0.15, -0.1) is 0 Å². The number of rotatable bonds is 2. The molecule has 0 radical (unpaired) electrons. The summed E-state index contributed by atoms with van der Waals surface area (Å²) in [5.41, 5.74) is -0.675. The van der Waals surface area contributed by atoms with Crippen LogP contribution in [-0.4, -0.2) is 17.7 Å². The molecule has 0 saturated carbocycles. The molecule has 16 heavy (non-hydrogen) atoms. The first kappa shape index (κ1) is 14.8. The van der Waals surface area contributed by atoms with Gasteiger partial charge in [0.25, 0.3) is 0 Å². The molecule has 0 aromatic carbocycles. The third-order valence-electron chi connectivity index (χ3n) is 2.03. The molecule has 0 aliphatic carbocycles. The van der Waals surface area contributed by atoms with Gasteiger partial charge in [0.15, 0.2) is 0 Å². The first-order valence-electron chi connectivity index (χ1n) is 5.43. The van der Waals surface area contributed by atoms with Crippen molar-refractivity contribution in [2.45, 2.75) is 59.6 Å². The number of amides is 1. The fraction of sp³-hybridized carbons (Fsp3) is 0.833. The van der Waals surface area contributed by atoms with Crippen molar-refractivity contribution in [3.63, 3.8) is 0 Å². The quantitative estimate of drug-likeness (QED) is 0.787. The van der Waals surface area contributed by atoms with Crippen LogP contribution in [0.25, 0.3) is 0 Å². The van der Waals surface area contributed by atoms with E-state index in [4.69, 9.17) is 10.00 Å². The third kappa shape index (κ3) is 6.28. The zero-order chi connectivity index (χ0) is 13.0. The van der Waals surface area contributed by atoms with Gasteiger partial charge < -0.3 is 10.1 Å². The lowest BCUT2D eigenvalue weighted by Gasteiger charge is -2.30. The molecule has 0 spiro atoms. The Hall–Kier alpha value is -1.24. The number of hydrogen-bond acceptors (Lipinski definition) is 3. The summed E-state index contributed by atoms with van der Waals surface area (Å²) >= 11 is 0. The van der Waals surface area contributed by atoms with Crippen molar-refractivity contribution in [1.29, 1.82) is 5.26 Å². The second kappa shape index (κ2) is 5.20. The standard InChI is InChI=1S/C12H22N2O2/c1-11(2,3)9(7-8-13)14-10(15)16-12(4,5)6/h9H,7H2,1-6H3,(H,14,15)/t9-/m0/s1. The van der Waals surface area contributed by atoms with Gasteiger partial charge in [0.05, 0.1) is 12.5 Å². The van der Waals surface area contributed by atoms with Crippen LogP contribution in [0.1, 0.15) is 48.0 Å². The van der Waals surface area contributed by atoms with Crippen LogP contribution in [0.4, 0.5) is 4.79 Å². The molecule has 4 heteroatoms. The van der Waals surface area contributed by atoms with E-state index < -0.39 is 11.7 Å². The smallest absolute Gasteiger partial charge is 0.407 e. The Morgan fingerprint density at radius 2 is 1.81 bits per heavy atom. The molecule has 92 valence electrons. The molecule has 1 amide bonds. The van der Waals surface area contributed by atoms with Crippen molar-refractivity contribution in [1.82, 2.24) is 5.32 Å². The Bertz CT molecular complexity index is 279. The molecule has 0 aromatic heterocycles. The number of nitrogens with zero attached hydrogens (tertiary/aromatic N) is 1. The third-order valence-corrected chi connectivity index (χ3v) is 2.03. The maximum Gasteiger partial charge on any atom is 0.407 e. The maximum absolute atomic E-state index is 11.5.